The van der Waals surface area contributed by atoms with Gasteiger partial charge in [-0.3, -0.25) is 4.79 Å². The number of amides is 2. The van der Waals surface area contributed by atoms with E-state index in [1.807, 2.05) is 37.8 Å². The second-order valence-electron chi connectivity index (χ2n) is 22.0. The van der Waals surface area contributed by atoms with Crippen molar-refractivity contribution >= 4 is 17.7 Å². The third kappa shape index (κ3) is 20.5. The lowest BCUT2D eigenvalue weighted by molar-refractivity contribution is -0.258. The van der Waals surface area contributed by atoms with Crippen LogP contribution >= 0.6 is 0 Å². The lowest BCUT2D eigenvalue weighted by Gasteiger charge is -2.60. The summed E-state index contributed by atoms with van der Waals surface area (Å²) in [5.41, 5.74) is 1.93. The zero-order valence-corrected chi connectivity index (χ0v) is 46.3. The number of oxime groups is 1. The molecule has 416 valence electrons. The SMILES string of the molecule is C=CCOC12Oc3ccc(OC(=O)NCCCCCCCCCCCC)cc3C3C(CCCCO)C(CCCCO)C=C(C(=NOC(C)(C)C)CC1N(CCOCCO)C(=O)CCCCCCCCCCC)C32. The first-order valence-electron chi connectivity index (χ1n) is 29.2. The van der Waals surface area contributed by atoms with Gasteiger partial charge in [0.15, 0.2) is 0 Å². The maximum Gasteiger partial charge on any atom is 0.412 e. The van der Waals surface area contributed by atoms with Gasteiger partial charge in [-0.1, -0.05) is 153 Å². The Morgan fingerprint density at radius 1 is 0.808 bits per heavy atom. The number of carbonyl (C=O) groups excluding carboxylic acids is 2. The fourth-order valence-electron chi connectivity index (χ4n) is 11.4. The van der Waals surface area contributed by atoms with Crippen LogP contribution in [0, 0.1) is 17.8 Å². The van der Waals surface area contributed by atoms with E-state index in [9.17, 15) is 20.1 Å². The lowest BCUT2D eigenvalue weighted by atomic mass is 9.55. The molecule has 0 saturated heterocycles. The van der Waals surface area contributed by atoms with Crippen molar-refractivity contribution in [3.63, 3.8) is 0 Å². The molecule has 6 atom stereocenters. The van der Waals surface area contributed by atoms with Crippen molar-refractivity contribution in [3.8, 4) is 11.5 Å². The predicted molar refractivity (Wildman–Crippen MR) is 293 cm³/mol. The first-order valence-corrected chi connectivity index (χ1v) is 29.2. The van der Waals surface area contributed by atoms with Crippen molar-refractivity contribution in [3.05, 3.63) is 48.1 Å². The molecular formula is C60H101N3O10. The van der Waals surface area contributed by atoms with Crippen LogP contribution in [0.3, 0.4) is 0 Å². The standard InChI is InChI=1S/C60H101N3O10/c1-7-10-12-14-16-18-20-22-24-28-36-61-58(68)71-48-34-35-53-51(45-48)56-49(32-27-30-39-65)47(31-26-29-38-64)44-50-52(62-73-59(4,5)6)46-54(60(72-53,57(50)56)70-41-9-3)63(37-42-69-43-40-66)55(67)33-25-23-21-19-17-15-13-11-8-2/h9,34-35,44-45,47,49,54,56-57,64-66H,3,7-8,10-33,36-43,46H2,1-2,4-6H3,(H,61,68). The number of hydrogen-bond donors (Lipinski definition) is 4. The van der Waals surface area contributed by atoms with Crippen molar-refractivity contribution < 1.29 is 48.7 Å². The van der Waals surface area contributed by atoms with Gasteiger partial charge in [-0.2, -0.15) is 0 Å². The van der Waals surface area contributed by atoms with Crippen LogP contribution in [0.1, 0.15) is 219 Å². The van der Waals surface area contributed by atoms with Crippen LogP contribution in [0.25, 0.3) is 0 Å². The fourth-order valence-corrected chi connectivity index (χ4v) is 11.4. The van der Waals surface area contributed by atoms with Crippen LogP contribution in [0.2, 0.25) is 0 Å². The van der Waals surface area contributed by atoms with E-state index in [0.717, 1.165) is 87.5 Å². The number of nitrogens with zero attached hydrogens (tertiary/aromatic N) is 2. The summed E-state index contributed by atoms with van der Waals surface area (Å²) in [6, 6.07) is 4.91. The summed E-state index contributed by atoms with van der Waals surface area (Å²) in [6.45, 7) is 15.8. The number of fused-ring (bicyclic) bond motifs is 2. The Labute approximate surface area is 441 Å². The third-order valence-electron chi connectivity index (χ3n) is 15.0. The molecule has 6 unspecified atom stereocenters. The number of aliphatic hydroxyl groups is 3. The van der Waals surface area contributed by atoms with Gasteiger partial charge in [-0.25, -0.2) is 4.79 Å². The van der Waals surface area contributed by atoms with E-state index in [2.05, 4.69) is 31.8 Å². The van der Waals surface area contributed by atoms with Crippen LogP contribution in [0.5, 0.6) is 11.5 Å². The number of aliphatic hydroxyl groups excluding tert-OH is 3. The number of rotatable bonds is 40. The molecule has 0 radical (unpaired) electrons. The molecule has 2 amide bonds. The number of allylic oxidation sites excluding steroid dienone is 1. The minimum absolute atomic E-state index is 0.0105. The molecule has 4 N–H and O–H groups in total. The van der Waals surface area contributed by atoms with Gasteiger partial charge in [0.1, 0.15) is 23.1 Å². The van der Waals surface area contributed by atoms with E-state index < -0.39 is 29.4 Å². The highest BCUT2D eigenvalue weighted by molar-refractivity contribution is 6.03. The van der Waals surface area contributed by atoms with Crippen molar-refractivity contribution in [2.45, 2.75) is 231 Å². The van der Waals surface area contributed by atoms with Crippen LogP contribution < -0.4 is 14.8 Å². The number of benzene rings is 1. The second-order valence-corrected chi connectivity index (χ2v) is 22.0. The number of nitrogens with one attached hydrogen (secondary N) is 1. The van der Waals surface area contributed by atoms with E-state index >= 15 is 4.79 Å². The Hall–Kier alpha value is -3.49. The molecule has 1 saturated carbocycles. The Bertz CT molecular complexity index is 1780. The lowest BCUT2D eigenvalue weighted by Crippen LogP contribution is -2.70. The van der Waals surface area contributed by atoms with Gasteiger partial charge >= 0.3 is 6.09 Å². The maximum atomic E-state index is 15.0. The summed E-state index contributed by atoms with van der Waals surface area (Å²) >= 11 is 0. The molecule has 3 aliphatic rings. The Kier molecular flexibility index (Phi) is 29.7. The summed E-state index contributed by atoms with van der Waals surface area (Å²) in [4.78, 5) is 36.6. The molecule has 0 aromatic heterocycles. The van der Waals surface area contributed by atoms with Crippen LogP contribution in [-0.2, 0) is 19.1 Å². The van der Waals surface area contributed by atoms with Crippen molar-refractivity contribution in [1.82, 2.24) is 10.2 Å². The quantitative estimate of drug-likeness (QED) is 0.0282. The third-order valence-corrected chi connectivity index (χ3v) is 15.0. The number of hydrogen-bond acceptors (Lipinski definition) is 11. The molecule has 1 aromatic rings. The molecular weight excluding hydrogens is 923 g/mol. The largest absolute Gasteiger partial charge is 0.459 e. The normalized spacial score (nSPS) is 21.7. The van der Waals surface area contributed by atoms with Gasteiger partial charge in [0.2, 0.25) is 11.7 Å². The predicted octanol–water partition coefficient (Wildman–Crippen LogP) is 12.9. The average molecular weight is 1020 g/mol. The number of unbranched alkanes of at least 4 members (excludes halogenated alkanes) is 19. The van der Waals surface area contributed by atoms with E-state index in [0.29, 0.717) is 37.3 Å². The van der Waals surface area contributed by atoms with Gasteiger partial charge in [0, 0.05) is 50.6 Å². The van der Waals surface area contributed by atoms with Gasteiger partial charge in [-0.15, -0.1) is 6.58 Å². The second kappa shape index (κ2) is 35.0. The highest BCUT2D eigenvalue weighted by atomic mass is 16.7. The van der Waals surface area contributed by atoms with Gasteiger partial charge in [-0.05, 0) is 94.9 Å². The minimum atomic E-state index is -1.43. The van der Waals surface area contributed by atoms with Crippen LogP contribution in [0.4, 0.5) is 4.79 Å². The average Bonchev–Trinajstić information content (AvgIpc) is 3.37. The van der Waals surface area contributed by atoms with Gasteiger partial charge < -0.3 is 49.3 Å². The van der Waals surface area contributed by atoms with E-state index in [-0.39, 0.29) is 76.3 Å². The summed E-state index contributed by atoms with van der Waals surface area (Å²) in [7, 11) is 0. The highest BCUT2D eigenvalue weighted by Crippen LogP contribution is 2.62. The minimum Gasteiger partial charge on any atom is -0.459 e. The van der Waals surface area contributed by atoms with Crippen molar-refractivity contribution in [2.75, 3.05) is 52.7 Å². The number of carbonyl (C=O) groups is 2. The Morgan fingerprint density at radius 3 is 2.03 bits per heavy atom. The molecule has 0 bridgehead atoms. The molecule has 1 fully saturated rings. The summed E-state index contributed by atoms with van der Waals surface area (Å²) in [5.74, 6) is -1.18. The van der Waals surface area contributed by atoms with Crippen molar-refractivity contribution in [1.29, 1.82) is 0 Å². The molecule has 1 aliphatic heterocycles. The molecule has 73 heavy (non-hydrogen) atoms. The van der Waals surface area contributed by atoms with E-state index in [1.165, 1.54) is 77.0 Å². The van der Waals surface area contributed by atoms with E-state index in [4.69, 9.17) is 28.9 Å². The smallest absolute Gasteiger partial charge is 0.412 e. The van der Waals surface area contributed by atoms with Crippen LogP contribution in [0.15, 0.2) is 47.7 Å². The first-order chi connectivity index (χ1) is 35.5. The van der Waals surface area contributed by atoms with Gasteiger partial charge in [0.05, 0.1) is 38.1 Å². The molecule has 0 spiro atoms. The number of ether oxygens (including phenoxy) is 4. The first kappa shape index (κ1) is 62.1. The van der Waals surface area contributed by atoms with Crippen molar-refractivity contribution in [2.24, 2.45) is 22.9 Å². The molecule has 1 aromatic carbocycles. The maximum absolute atomic E-state index is 15.0. The monoisotopic (exact) mass is 1020 g/mol. The summed E-state index contributed by atoms with van der Waals surface area (Å²) < 4.78 is 26.6. The fraction of sp³-hybridized carbons (Fsp3) is 0.783. The Balaban J connectivity index is 1.78. The zero-order valence-electron chi connectivity index (χ0n) is 46.3. The van der Waals surface area contributed by atoms with Crippen LogP contribution in [-0.4, -0.2) is 108 Å². The molecule has 13 nitrogen and oxygen atoms in total. The van der Waals surface area contributed by atoms with E-state index in [1.54, 1.807) is 12.1 Å². The molecule has 1 heterocycles. The van der Waals surface area contributed by atoms with Gasteiger partial charge in [0.25, 0.3) is 0 Å². The zero-order chi connectivity index (χ0) is 52.7. The molecule has 2 aliphatic carbocycles. The molecule has 4 rings (SSSR count). The molecule has 13 heteroatoms. The summed E-state index contributed by atoms with van der Waals surface area (Å²) in [5, 5.41) is 37.7. The Morgan fingerprint density at radius 2 is 1.42 bits per heavy atom. The topological polar surface area (TPSA) is 169 Å². The highest BCUT2D eigenvalue weighted by Gasteiger charge is 2.65. The summed E-state index contributed by atoms with van der Waals surface area (Å²) in [6.07, 6.45) is 31.0.